The summed E-state index contributed by atoms with van der Waals surface area (Å²) in [7, 11) is 0. The van der Waals surface area contributed by atoms with Crippen molar-refractivity contribution in [1.29, 1.82) is 0 Å². The quantitative estimate of drug-likeness (QED) is 0.464. The SMILES string of the molecule is O=C(O)C1(C(=O)O)CCC1O. The largest absolute Gasteiger partial charge is 0.480 e. The molecule has 5 heteroatoms. The highest BCUT2D eigenvalue weighted by molar-refractivity contribution is 6.00. The van der Waals surface area contributed by atoms with Crippen LogP contribution in [0.2, 0.25) is 0 Å². The lowest BCUT2D eigenvalue weighted by molar-refractivity contribution is -0.186. The van der Waals surface area contributed by atoms with Crippen molar-refractivity contribution in [3.63, 3.8) is 0 Å². The molecule has 0 aromatic carbocycles. The van der Waals surface area contributed by atoms with E-state index in [0.717, 1.165) is 0 Å². The van der Waals surface area contributed by atoms with E-state index < -0.39 is 23.5 Å². The van der Waals surface area contributed by atoms with Gasteiger partial charge in [0.15, 0.2) is 5.41 Å². The second kappa shape index (κ2) is 2.20. The first kappa shape index (κ1) is 8.00. The van der Waals surface area contributed by atoms with Crippen LogP contribution in [0.4, 0.5) is 0 Å². The highest BCUT2D eigenvalue weighted by atomic mass is 16.4. The highest BCUT2D eigenvalue weighted by Crippen LogP contribution is 2.41. The summed E-state index contributed by atoms with van der Waals surface area (Å²) < 4.78 is 0. The minimum absolute atomic E-state index is 0.0127. The lowest BCUT2D eigenvalue weighted by Crippen LogP contribution is -2.56. The molecule has 1 aliphatic carbocycles. The zero-order valence-electron chi connectivity index (χ0n) is 5.65. The Hall–Kier alpha value is -1.10. The average molecular weight is 160 g/mol. The number of hydrogen-bond donors (Lipinski definition) is 3. The molecule has 0 saturated heterocycles. The lowest BCUT2D eigenvalue weighted by atomic mass is 9.66. The molecular weight excluding hydrogens is 152 g/mol. The number of aliphatic carboxylic acids is 2. The van der Waals surface area contributed by atoms with Crippen molar-refractivity contribution < 1.29 is 24.9 Å². The van der Waals surface area contributed by atoms with Gasteiger partial charge in [0.05, 0.1) is 6.10 Å². The molecule has 0 spiro atoms. The first-order valence-corrected chi connectivity index (χ1v) is 3.16. The van der Waals surface area contributed by atoms with Crippen LogP contribution in [0.15, 0.2) is 0 Å². The van der Waals surface area contributed by atoms with E-state index >= 15 is 0 Å². The minimum atomic E-state index is -1.93. The molecule has 62 valence electrons. The lowest BCUT2D eigenvalue weighted by Gasteiger charge is -2.38. The number of carboxylic acids is 2. The third-order valence-corrected chi connectivity index (χ3v) is 2.14. The van der Waals surface area contributed by atoms with E-state index in [0.29, 0.717) is 0 Å². The van der Waals surface area contributed by atoms with Gasteiger partial charge in [0.1, 0.15) is 0 Å². The van der Waals surface area contributed by atoms with Crippen LogP contribution in [-0.4, -0.2) is 33.4 Å². The van der Waals surface area contributed by atoms with Crippen molar-refractivity contribution in [2.75, 3.05) is 0 Å². The molecule has 1 fully saturated rings. The molecule has 3 N–H and O–H groups in total. The molecule has 1 rings (SSSR count). The number of carboxylic acid groups (broad SMARTS) is 2. The van der Waals surface area contributed by atoms with Gasteiger partial charge in [-0.25, -0.2) is 0 Å². The van der Waals surface area contributed by atoms with Crippen molar-refractivity contribution in [3.05, 3.63) is 0 Å². The Morgan fingerprint density at radius 3 is 1.73 bits per heavy atom. The predicted molar refractivity (Wildman–Crippen MR) is 32.9 cm³/mol. The van der Waals surface area contributed by atoms with E-state index in [1.807, 2.05) is 0 Å². The molecule has 0 aromatic rings. The average Bonchev–Trinajstić information content (AvgIpc) is 1.83. The van der Waals surface area contributed by atoms with Gasteiger partial charge in [0.2, 0.25) is 0 Å². The Balaban J connectivity index is 2.90. The van der Waals surface area contributed by atoms with Crippen molar-refractivity contribution in [2.45, 2.75) is 18.9 Å². The van der Waals surface area contributed by atoms with E-state index in [9.17, 15) is 9.59 Å². The third kappa shape index (κ3) is 0.808. The number of rotatable bonds is 2. The monoisotopic (exact) mass is 160 g/mol. The molecule has 1 saturated carbocycles. The van der Waals surface area contributed by atoms with Gasteiger partial charge in [0.25, 0.3) is 0 Å². The molecule has 5 nitrogen and oxygen atoms in total. The van der Waals surface area contributed by atoms with Crippen molar-refractivity contribution >= 4 is 11.9 Å². The zero-order chi connectivity index (χ0) is 8.65. The summed E-state index contributed by atoms with van der Waals surface area (Å²) in [5, 5.41) is 25.9. The Morgan fingerprint density at radius 2 is 1.73 bits per heavy atom. The Bertz CT molecular complexity index is 195. The summed E-state index contributed by atoms with van der Waals surface area (Å²) in [5.41, 5.74) is -1.93. The summed E-state index contributed by atoms with van der Waals surface area (Å²) in [6, 6.07) is 0. The Kier molecular flexibility index (Phi) is 1.60. The molecule has 1 unspecified atom stereocenters. The van der Waals surface area contributed by atoms with E-state index in [1.54, 1.807) is 0 Å². The Morgan fingerprint density at radius 1 is 1.27 bits per heavy atom. The van der Waals surface area contributed by atoms with Gasteiger partial charge in [-0.15, -0.1) is 0 Å². The van der Waals surface area contributed by atoms with E-state index in [4.69, 9.17) is 15.3 Å². The minimum Gasteiger partial charge on any atom is -0.480 e. The Labute approximate surface area is 62.3 Å². The van der Waals surface area contributed by atoms with Crippen LogP contribution < -0.4 is 0 Å². The molecular formula is C6H8O5. The van der Waals surface area contributed by atoms with Gasteiger partial charge < -0.3 is 15.3 Å². The fourth-order valence-electron chi connectivity index (χ4n) is 1.15. The molecule has 0 radical (unpaired) electrons. The summed E-state index contributed by atoms with van der Waals surface area (Å²) >= 11 is 0. The van der Waals surface area contributed by atoms with E-state index in [1.165, 1.54) is 0 Å². The standard InChI is InChI=1S/C6H8O5/c7-3-1-2-6(3,4(8)9)5(10)11/h3,7H,1-2H2,(H,8,9)(H,10,11). The van der Waals surface area contributed by atoms with Crippen LogP contribution in [0.3, 0.4) is 0 Å². The number of hydrogen-bond acceptors (Lipinski definition) is 3. The van der Waals surface area contributed by atoms with Gasteiger partial charge >= 0.3 is 11.9 Å². The molecule has 0 aromatic heterocycles. The maximum Gasteiger partial charge on any atom is 0.323 e. The van der Waals surface area contributed by atoms with Crippen molar-refractivity contribution in [2.24, 2.45) is 5.41 Å². The smallest absolute Gasteiger partial charge is 0.323 e. The molecule has 1 aliphatic rings. The van der Waals surface area contributed by atoms with Gasteiger partial charge in [-0.1, -0.05) is 0 Å². The second-order valence-electron chi connectivity index (χ2n) is 2.64. The normalized spacial score (nSPS) is 27.2. The topological polar surface area (TPSA) is 94.8 Å². The van der Waals surface area contributed by atoms with Crippen LogP contribution >= 0.6 is 0 Å². The fraction of sp³-hybridized carbons (Fsp3) is 0.667. The third-order valence-electron chi connectivity index (χ3n) is 2.14. The van der Waals surface area contributed by atoms with Crippen molar-refractivity contribution in [3.8, 4) is 0 Å². The van der Waals surface area contributed by atoms with Crippen LogP contribution in [-0.2, 0) is 9.59 Å². The van der Waals surface area contributed by atoms with Crippen LogP contribution in [0.5, 0.6) is 0 Å². The van der Waals surface area contributed by atoms with E-state index in [2.05, 4.69) is 0 Å². The maximum atomic E-state index is 10.4. The summed E-state index contributed by atoms with van der Waals surface area (Å²) in [4.78, 5) is 20.8. The van der Waals surface area contributed by atoms with Crippen LogP contribution in [0.1, 0.15) is 12.8 Å². The zero-order valence-corrected chi connectivity index (χ0v) is 5.65. The molecule has 1 atom stereocenters. The summed E-state index contributed by atoms with van der Waals surface area (Å²) in [6.45, 7) is 0. The fourth-order valence-corrected chi connectivity index (χ4v) is 1.15. The number of aliphatic hydroxyl groups excluding tert-OH is 1. The van der Waals surface area contributed by atoms with Crippen molar-refractivity contribution in [1.82, 2.24) is 0 Å². The van der Waals surface area contributed by atoms with Crippen LogP contribution in [0.25, 0.3) is 0 Å². The number of aliphatic hydroxyl groups is 1. The maximum absolute atomic E-state index is 10.4. The summed E-state index contributed by atoms with van der Waals surface area (Å²) in [5.74, 6) is -2.91. The predicted octanol–water partition coefficient (Wildman–Crippen LogP) is -0.703. The van der Waals surface area contributed by atoms with Gasteiger partial charge in [-0.3, -0.25) is 9.59 Å². The van der Waals surface area contributed by atoms with Crippen LogP contribution in [0, 0.1) is 5.41 Å². The summed E-state index contributed by atoms with van der Waals surface area (Å²) in [6.07, 6.45) is -0.977. The molecule has 0 bridgehead atoms. The van der Waals surface area contributed by atoms with Gasteiger partial charge in [-0.2, -0.15) is 0 Å². The second-order valence-corrected chi connectivity index (χ2v) is 2.64. The molecule has 0 heterocycles. The molecule has 11 heavy (non-hydrogen) atoms. The molecule has 0 amide bonds. The van der Waals surface area contributed by atoms with Gasteiger partial charge in [-0.05, 0) is 12.8 Å². The number of carbonyl (C=O) groups is 2. The van der Waals surface area contributed by atoms with Gasteiger partial charge in [0, 0.05) is 0 Å². The van der Waals surface area contributed by atoms with E-state index in [-0.39, 0.29) is 12.8 Å². The molecule has 0 aliphatic heterocycles. The first-order valence-electron chi connectivity index (χ1n) is 3.16. The highest BCUT2D eigenvalue weighted by Gasteiger charge is 2.59. The first-order chi connectivity index (χ1) is 5.01.